The number of rotatable bonds is 10. The van der Waals surface area contributed by atoms with Crippen LogP contribution >= 0.6 is 23.1 Å². The molecule has 3 N–H and O–H groups in total. The summed E-state index contributed by atoms with van der Waals surface area (Å²) in [7, 11) is 0. The average molecular weight is 512 g/mol. The number of carboxylic acids is 1. The normalized spacial score (nSPS) is 12.9. The number of benzene rings is 2. The molecule has 0 fully saturated rings. The van der Waals surface area contributed by atoms with Gasteiger partial charge in [0.25, 0.3) is 0 Å². The maximum absolute atomic E-state index is 12.2. The van der Waals surface area contributed by atoms with E-state index in [1.54, 1.807) is 6.92 Å². The van der Waals surface area contributed by atoms with Gasteiger partial charge in [0.15, 0.2) is 5.69 Å². The quantitative estimate of drug-likeness (QED) is 0.348. The summed E-state index contributed by atoms with van der Waals surface area (Å²) in [6, 6.07) is 16.0. The lowest BCUT2D eigenvalue weighted by Crippen LogP contribution is -2.30. The third-order valence-corrected chi connectivity index (χ3v) is 7.57. The van der Waals surface area contributed by atoms with Crippen molar-refractivity contribution in [2.45, 2.75) is 18.9 Å². The highest BCUT2D eigenvalue weighted by Gasteiger charge is 2.28. The number of aromatic carboxylic acids is 1. The van der Waals surface area contributed by atoms with Crippen LogP contribution < -0.4 is 10.6 Å². The van der Waals surface area contributed by atoms with Crippen molar-refractivity contribution in [3.63, 3.8) is 0 Å². The zero-order valence-electron chi connectivity index (χ0n) is 19.0. The number of nitrogens with zero attached hydrogens (tertiary/aromatic N) is 1. The molecule has 182 valence electrons. The van der Waals surface area contributed by atoms with Crippen LogP contribution in [0.4, 0.5) is 4.79 Å². The van der Waals surface area contributed by atoms with Crippen molar-refractivity contribution in [1.29, 1.82) is 0 Å². The molecule has 1 atom stereocenters. The number of nitrogens with one attached hydrogen (secondary N) is 2. The Morgan fingerprint density at radius 3 is 2.40 bits per heavy atom. The summed E-state index contributed by atoms with van der Waals surface area (Å²) in [5.74, 6) is -0.501. The summed E-state index contributed by atoms with van der Waals surface area (Å²) < 4.78 is 5.50. The van der Waals surface area contributed by atoms with Gasteiger partial charge in [0, 0.05) is 23.6 Å². The number of fused-ring (bicyclic) bond motifs is 3. The molecule has 0 bridgehead atoms. The number of thiazole rings is 1. The Hall–Kier alpha value is -3.37. The van der Waals surface area contributed by atoms with E-state index in [9.17, 15) is 14.4 Å². The second-order valence-electron chi connectivity index (χ2n) is 7.97. The Labute approximate surface area is 211 Å². The number of aromatic nitrogens is 1. The van der Waals surface area contributed by atoms with Crippen LogP contribution in [0.25, 0.3) is 11.1 Å². The van der Waals surface area contributed by atoms with Crippen LogP contribution in [0, 0.1) is 0 Å². The van der Waals surface area contributed by atoms with Crippen molar-refractivity contribution in [3.8, 4) is 11.1 Å². The number of carbonyl (C=O) groups excluding carboxylic acids is 2. The van der Waals surface area contributed by atoms with E-state index < -0.39 is 12.1 Å². The Kier molecular flexibility index (Phi) is 8.04. The van der Waals surface area contributed by atoms with Gasteiger partial charge >= 0.3 is 12.1 Å². The van der Waals surface area contributed by atoms with Crippen LogP contribution in [0.15, 0.2) is 53.9 Å². The maximum atomic E-state index is 12.2. The van der Waals surface area contributed by atoms with E-state index in [4.69, 9.17) is 9.84 Å². The molecule has 1 heterocycles. The third kappa shape index (κ3) is 6.01. The molecule has 35 heavy (non-hydrogen) atoms. The molecule has 1 aliphatic rings. The number of ether oxygens (including phenoxy) is 1. The van der Waals surface area contributed by atoms with Gasteiger partial charge < -0.3 is 20.5 Å². The van der Waals surface area contributed by atoms with Crippen molar-refractivity contribution >= 4 is 41.1 Å². The lowest BCUT2D eigenvalue weighted by Gasteiger charge is -2.14. The molecule has 3 aromatic rings. The largest absolute Gasteiger partial charge is 0.476 e. The highest BCUT2D eigenvalue weighted by atomic mass is 32.2. The third-order valence-electron chi connectivity index (χ3n) is 5.58. The Morgan fingerprint density at radius 1 is 1.11 bits per heavy atom. The zero-order chi connectivity index (χ0) is 24.8. The first-order chi connectivity index (χ1) is 16.9. The van der Waals surface area contributed by atoms with E-state index in [2.05, 4.69) is 39.9 Å². The Bertz CT molecular complexity index is 1180. The minimum atomic E-state index is -1.09. The summed E-state index contributed by atoms with van der Waals surface area (Å²) in [6.45, 7) is 2.39. The average Bonchev–Trinajstić information content (AvgIpc) is 3.47. The molecule has 2 aromatic carbocycles. The number of carboxylic acid groups (broad SMARTS) is 1. The molecular formula is C25H25N3O5S2. The van der Waals surface area contributed by atoms with Crippen molar-refractivity contribution in [1.82, 2.24) is 15.6 Å². The molecule has 8 nitrogen and oxygen atoms in total. The van der Waals surface area contributed by atoms with Gasteiger partial charge in [-0.05, 0) is 29.2 Å². The summed E-state index contributed by atoms with van der Waals surface area (Å²) >= 11 is 2.58. The monoisotopic (exact) mass is 511 g/mol. The Morgan fingerprint density at radius 2 is 1.77 bits per heavy atom. The second-order valence-corrected chi connectivity index (χ2v) is 9.97. The molecule has 0 spiro atoms. The van der Waals surface area contributed by atoms with Crippen molar-refractivity contribution in [2.75, 3.05) is 24.7 Å². The SMILES string of the molecule is CC(NC(=O)CSCCNC(=O)OCC1c2ccccc2-c2ccccc21)c1nc(C(=O)O)cs1. The van der Waals surface area contributed by atoms with Gasteiger partial charge in [-0.15, -0.1) is 11.3 Å². The Balaban J connectivity index is 1.15. The summed E-state index contributed by atoms with van der Waals surface area (Å²) in [4.78, 5) is 39.3. The molecule has 1 unspecified atom stereocenters. The minimum Gasteiger partial charge on any atom is -0.476 e. The lowest BCUT2D eigenvalue weighted by atomic mass is 9.98. The molecule has 0 aliphatic heterocycles. The fourth-order valence-electron chi connectivity index (χ4n) is 3.97. The van der Waals surface area contributed by atoms with Crippen LogP contribution in [0.3, 0.4) is 0 Å². The number of carbonyl (C=O) groups is 3. The smallest absolute Gasteiger partial charge is 0.407 e. The van der Waals surface area contributed by atoms with Crippen LogP contribution in [0.1, 0.15) is 45.5 Å². The van der Waals surface area contributed by atoms with E-state index >= 15 is 0 Å². The topological polar surface area (TPSA) is 118 Å². The van der Waals surface area contributed by atoms with Gasteiger partial charge in [0.1, 0.15) is 11.6 Å². The van der Waals surface area contributed by atoms with Crippen LogP contribution in [-0.4, -0.2) is 52.7 Å². The highest BCUT2D eigenvalue weighted by molar-refractivity contribution is 7.99. The first kappa shape index (κ1) is 24.7. The number of thioether (sulfide) groups is 1. The summed E-state index contributed by atoms with van der Waals surface area (Å²) in [6.07, 6.45) is -0.483. The van der Waals surface area contributed by atoms with E-state index in [-0.39, 0.29) is 35.9 Å². The predicted octanol–water partition coefficient (Wildman–Crippen LogP) is 4.29. The second kappa shape index (κ2) is 11.4. The van der Waals surface area contributed by atoms with Crippen molar-refractivity contribution in [2.24, 2.45) is 0 Å². The van der Waals surface area contributed by atoms with E-state index in [1.165, 1.54) is 39.6 Å². The number of hydrogen-bond acceptors (Lipinski definition) is 7. The van der Waals surface area contributed by atoms with Crippen molar-refractivity contribution < 1.29 is 24.2 Å². The van der Waals surface area contributed by atoms with E-state index in [0.29, 0.717) is 17.3 Å². The number of alkyl carbamates (subject to hydrolysis) is 1. The van der Waals surface area contributed by atoms with Crippen molar-refractivity contribution in [3.05, 3.63) is 75.7 Å². The molecule has 0 radical (unpaired) electrons. The molecule has 4 rings (SSSR count). The van der Waals surface area contributed by atoms with E-state index in [1.807, 2.05) is 24.3 Å². The molecule has 0 saturated carbocycles. The first-order valence-electron chi connectivity index (χ1n) is 11.1. The maximum Gasteiger partial charge on any atom is 0.407 e. The minimum absolute atomic E-state index is 0.0117. The molecule has 10 heteroatoms. The zero-order valence-corrected chi connectivity index (χ0v) is 20.7. The number of hydrogen-bond donors (Lipinski definition) is 3. The summed E-state index contributed by atoms with van der Waals surface area (Å²) in [5.41, 5.74) is 4.65. The van der Waals surface area contributed by atoms with Crippen LogP contribution in [-0.2, 0) is 9.53 Å². The van der Waals surface area contributed by atoms with Crippen LogP contribution in [0.5, 0.6) is 0 Å². The first-order valence-corrected chi connectivity index (χ1v) is 13.1. The van der Waals surface area contributed by atoms with Gasteiger partial charge in [-0.2, -0.15) is 11.8 Å². The fraction of sp³-hybridized carbons (Fsp3) is 0.280. The van der Waals surface area contributed by atoms with Gasteiger partial charge in [-0.25, -0.2) is 14.6 Å². The fourth-order valence-corrected chi connectivity index (χ4v) is 5.43. The molecule has 0 saturated heterocycles. The lowest BCUT2D eigenvalue weighted by molar-refractivity contribution is -0.119. The highest BCUT2D eigenvalue weighted by Crippen LogP contribution is 2.44. The molecular weight excluding hydrogens is 486 g/mol. The van der Waals surface area contributed by atoms with Gasteiger partial charge in [-0.3, -0.25) is 4.79 Å². The molecule has 2 amide bonds. The van der Waals surface area contributed by atoms with Gasteiger partial charge in [-0.1, -0.05) is 48.5 Å². The standard InChI is InChI=1S/C25H25N3O5S2/c1-15(23-28-21(13-35-23)24(30)31)27-22(29)14-34-11-10-26-25(32)33-12-20-18-8-4-2-6-16(18)17-7-3-5-9-19(17)20/h2-9,13,15,20H,10-12,14H2,1H3,(H,26,32)(H,27,29)(H,30,31). The number of amides is 2. The predicted molar refractivity (Wildman–Crippen MR) is 136 cm³/mol. The summed E-state index contributed by atoms with van der Waals surface area (Å²) in [5, 5.41) is 16.5. The molecule has 1 aliphatic carbocycles. The van der Waals surface area contributed by atoms with Crippen LogP contribution in [0.2, 0.25) is 0 Å². The van der Waals surface area contributed by atoms with Gasteiger partial charge in [0.05, 0.1) is 11.8 Å². The van der Waals surface area contributed by atoms with Gasteiger partial charge in [0.2, 0.25) is 5.91 Å². The molecule has 1 aromatic heterocycles. The van der Waals surface area contributed by atoms with E-state index in [0.717, 1.165) is 11.1 Å².